The Morgan fingerprint density at radius 2 is 2.04 bits per heavy atom. The number of carbonyl (C=O) groups is 2. The minimum atomic E-state index is -0.698. The Labute approximate surface area is 145 Å². The molecular weight excluding hydrogens is 328 g/mol. The topological polar surface area (TPSA) is 58.6 Å². The van der Waals surface area contributed by atoms with Crippen molar-refractivity contribution in [3.63, 3.8) is 0 Å². The zero-order valence-electron chi connectivity index (χ0n) is 13.2. The van der Waals surface area contributed by atoms with Gasteiger partial charge in [0.05, 0.1) is 7.11 Å². The van der Waals surface area contributed by atoms with Gasteiger partial charge in [0.15, 0.2) is 0 Å². The van der Waals surface area contributed by atoms with E-state index in [1.807, 2.05) is 0 Å². The molecule has 1 N–H and O–H groups in total. The Hall–Kier alpha value is -2.53. The smallest absolute Gasteiger partial charge is 0.255 e. The van der Waals surface area contributed by atoms with Gasteiger partial charge in [-0.2, -0.15) is 0 Å². The van der Waals surface area contributed by atoms with Crippen LogP contribution in [-0.4, -0.2) is 36.9 Å². The van der Waals surface area contributed by atoms with Crippen molar-refractivity contribution >= 4 is 23.4 Å². The van der Waals surface area contributed by atoms with E-state index in [4.69, 9.17) is 16.3 Å². The van der Waals surface area contributed by atoms with E-state index in [9.17, 15) is 9.59 Å². The summed E-state index contributed by atoms with van der Waals surface area (Å²) in [5.74, 6) is 0.176. The number of nitrogens with zero attached hydrogens (tertiary/aromatic N) is 1. The Morgan fingerprint density at radius 3 is 2.79 bits per heavy atom. The number of piperazine rings is 1. The van der Waals surface area contributed by atoms with Crippen LogP contribution in [0.2, 0.25) is 5.02 Å². The molecule has 0 saturated carbocycles. The van der Waals surface area contributed by atoms with Gasteiger partial charge in [0.2, 0.25) is 5.91 Å². The van der Waals surface area contributed by atoms with Gasteiger partial charge in [0.25, 0.3) is 5.91 Å². The molecule has 3 rings (SSSR count). The van der Waals surface area contributed by atoms with Gasteiger partial charge in [-0.25, -0.2) is 0 Å². The van der Waals surface area contributed by atoms with Gasteiger partial charge in [-0.1, -0.05) is 29.8 Å². The van der Waals surface area contributed by atoms with E-state index in [2.05, 4.69) is 5.32 Å². The second-order valence-corrected chi connectivity index (χ2v) is 5.92. The lowest BCUT2D eigenvalue weighted by Gasteiger charge is -2.35. The molecule has 1 heterocycles. The summed E-state index contributed by atoms with van der Waals surface area (Å²) in [7, 11) is 1.55. The first-order valence-corrected chi connectivity index (χ1v) is 7.96. The van der Waals surface area contributed by atoms with Crippen LogP contribution < -0.4 is 10.1 Å². The molecule has 1 atom stereocenters. The zero-order valence-corrected chi connectivity index (χ0v) is 13.9. The average Bonchev–Trinajstić information content (AvgIpc) is 2.61. The Kier molecular flexibility index (Phi) is 4.71. The fourth-order valence-corrected chi connectivity index (χ4v) is 3.01. The lowest BCUT2D eigenvalue weighted by Crippen LogP contribution is -2.52. The minimum absolute atomic E-state index is 0.209. The van der Waals surface area contributed by atoms with Gasteiger partial charge < -0.3 is 15.0 Å². The molecule has 0 aliphatic carbocycles. The number of benzene rings is 2. The molecule has 1 aliphatic rings. The molecule has 1 unspecified atom stereocenters. The number of amides is 2. The van der Waals surface area contributed by atoms with E-state index in [1.54, 1.807) is 60.5 Å². The minimum Gasteiger partial charge on any atom is -0.497 e. The Morgan fingerprint density at radius 1 is 1.25 bits per heavy atom. The number of ether oxygens (including phenoxy) is 1. The first kappa shape index (κ1) is 16.3. The standard InChI is InChI=1S/C18H17ClN2O3/c1-24-15-7-3-5-13(11-15)18(23)21-9-8-20-17(22)16(21)12-4-2-6-14(19)10-12/h2-7,10-11,16H,8-9H2,1H3,(H,20,22). The number of carbonyl (C=O) groups excluding carboxylic acids is 2. The highest BCUT2D eigenvalue weighted by Gasteiger charge is 2.34. The highest BCUT2D eigenvalue weighted by molar-refractivity contribution is 6.30. The summed E-state index contributed by atoms with van der Waals surface area (Å²) in [4.78, 5) is 26.9. The van der Waals surface area contributed by atoms with Crippen molar-refractivity contribution in [3.05, 3.63) is 64.7 Å². The summed E-state index contributed by atoms with van der Waals surface area (Å²) < 4.78 is 5.17. The summed E-state index contributed by atoms with van der Waals surface area (Å²) in [5, 5.41) is 3.34. The third kappa shape index (κ3) is 3.21. The lowest BCUT2D eigenvalue weighted by atomic mass is 10.0. The largest absolute Gasteiger partial charge is 0.497 e. The first-order valence-electron chi connectivity index (χ1n) is 7.58. The van der Waals surface area contributed by atoms with Crippen molar-refractivity contribution in [2.24, 2.45) is 0 Å². The molecule has 5 nitrogen and oxygen atoms in total. The van der Waals surface area contributed by atoms with Crippen molar-refractivity contribution in [1.82, 2.24) is 10.2 Å². The SMILES string of the molecule is COc1cccc(C(=O)N2CCNC(=O)C2c2cccc(Cl)c2)c1. The fraction of sp³-hybridized carbons (Fsp3) is 0.222. The van der Waals surface area contributed by atoms with Gasteiger partial charge in [-0.3, -0.25) is 9.59 Å². The van der Waals surface area contributed by atoms with Crippen LogP contribution in [0.25, 0.3) is 0 Å². The van der Waals surface area contributed by atoms with Crippen molar-refractivity contribution in [3.8, 4) is 5.75 Å². The molecule has 0 radical (unpaired) electrons. The molecule has 2 aromatic carbocycles. The van der Waals surface area contributed by atoms with E-state index >= 15 is 0 Å². The fourth-order valence-electron chi connectivity index (χ4n) is 2.82. The van der Waals surface area contributed by atoms with Crippen LogP contribution in [0.5, 0.6) is 5.75 Å². The molecule has 6 heteroatoms. The molecular formula is C18H17ClN2O3. The van der Waals surface area contributed by atoms with Crippen molar-refractivity contribution in [2.45, 2.75) is 6.04 Å². The maximum atomic E-state index is 12.9. The van der Waals surface area contributed by atoms with E-state index < -0.39 is 6.04 Å². The summed E-state index contributed by atoms with van der Waals surface area (Å²) in [6.07, 6.45) is 0. The normalized spacial score (nSPS) is 17.3. The summed E-state index contributed by atoms with van der Waals surface area (Å²) >= 11 is 6.04. The Bertz CT molecular complexity index is 778. The van der Waals surface area contributed by atoms with Crippen LogP contribution in [0, 0.1) is 0 Å². The number of hydrogen-bond acceptors (Lipinski definition) is 3. The predicted molar refractivity (Wildman–Crippen MR) is 91.2 cm³/mol. The van der Waals surface area contributed by atoms with Gasteiger partial charge >= 0.3 is 0 Å². The summed E-state index contributed by atoms with van der Waals surface area (Å²) in [5.41, 5.74) is 1.17. The summed E-state index contributed by atoms with van der Waals surface area (Å²) in [6.45, 7) is 0.852. The first-order chi connectivity index (χ1) is 11.6. The third-order valence-corrected chi connectivity index (χ3v) is 4.19. The van der Waals surface area contributed by atoms with Crippen LogP contribution in [-0.2, 0) is 4.79 Å². The molecule has 1 fully saturated rings. The van der Waals surface area contributed by atoms with E-state index in [0.29, 0.717) is 35.0 Å². The van der Waals surface area contributed by atoms with E-state index in [-0.39, 0.29) is 11.8 Å². The molecule has 1 saturated heterocycles. The monoisotopic (exact) mass is 344 g/mol. The van der Waals surface area contributed by atoms with Gasteiger partial charge in [0, 0.05) is 23.7 Å². The predicted octanol–water partition coefficient (Wildman–Crippen LogP) is 2.66. The second kappa shape index (κ2) is 6.93. The quantitative estimate of drug-likeness (QED) is 0.931. The summed E-state index contributed by atoms with van der Waals surface area (Å²) in [6, 6.07) is 13.2. The number of methoxy groups -OCH3 is 1. The van der Waals surface area contributed by atoms with Crippen molar-refractivity contribution in [2.75, 3.05) is 20.2 Å². The lowest BCUT2D eigenvalue weighted by molar-refractivity contribution is -0.128. The molecule has 24 heavy (non-hydrogen) atoms. The number of hydrogen-bond donors (Lipinski definition) is 1. The zero-order chi connectivity index (χ0) is 17.1. The second-order valence-electron chi connectivity index (χ2n) is 5.48. The molecule has 2 aromatic rings. The maximum Gasteiger partial charge on any atom is 0.255 e. The van der Waals surface area contributed by atoms with E-state index in [0.717, 1.165) is 0 Å². The number of rotatable bonds is 3. The molecule has 2 amide bonds. The highest BCUT2D eigenvalue weighted by Crippen LogP contribution is 2.27. The van der Waals surface area contributed by atoms with Gasteiger partial charge in [0.1, 0.15) is 11.8 Å². The van der Waals surface area contributed by atoms with Crippen LogP contribution in [0.3, 0.4) is 0 Å². The average molecular weight is 345 g/mol. The van der Waals surface area contributed by atoms with Crippen molar-refractivity contribution in [1.29, 1.82) is 0 Å². The maximum absolute atomic E-state index is 12.9. The van der Waals surface area contributed by atoms with Gasteiger partial charge in [-0.05, 0) is 35.9 Å². The Balaban J connectivity index is 1.96. The van der Waals surface area contributed by atoms with Gasteiger partial charge in [-0.15, -0.1) is 0 Å². The molecule has 0 bridgehead atoms. The molecule has 0 aromatic heterocycles. The van der Waals surface area contributed by atoms with Crippen molar-refractivity contribution < 1.29 is 14.3 Å². The molecule has 1 aliphatic heterocycles. The van der Waals surface area contributed by atoms with Crippen LogP contribution in [0.15, 0.2) is 48.5 Å². The molecule has 0 spiro atoms. The van der Waals surface area contributed by atoms with E-state index in [1.165, 1.54) is 0 Å². The highest BCUT2D eigenvalue weighted by atomic mass is 35.5. The van der Waals surface area contributed by atoms with Crippen LogP contribution in [0.1, 0.15) is 22.0 Å². The van der Waals surface area contributed by atoms with Crippen LogP contribution in [0.4, 0.5) is 0 Å². The number of halogens is 1. The number of nitrogens with one attached hydrogen (secondary N) is 1. The molecule has 124 valence electrons. The van der Waals surface area contributed by atoms with Crippen LogP contribution >= 0.6 is 11.6 Å². The third-order valence-electron chi connectivity index (χ3n) is 3.95.